The van der Waals surface area contributed by atoms with Crippen molar-refractivity contribution in [2.45, 2.75) is 51.8 Å². The van der Waals surface area contributed by atoms with Crippen molar-refractivity contribution in [1.82, 2.24) is 9.55 Å². The molecule has 0 saturated carbocycles. The van der Waals surface area contributed by atoms with Gasteiger partial charge in [-0.25, -0.2) is 9.78 Å². The van der Waals surface area contributed by atoms with Crippen molar-refractivity contribution in [3.05, 3.63) is 74.5 Å². The van der Waals surface area contributed by atoms with Crippen LogP contribution in [-0.2, 0) is 30.9 Å². The first kappa shape index (κ1) is 29.3. The number of carboxylic acid groups (broad SMARTS) is 1. The third-order valence-electron chi connectivity index (χ3n) is 7.00. The number of ether oxygens (including phenoxy) is 1. The maximum atomic E-state index is 13.7. The second kappa shape index (κ2) is 12.4. The number of rotatable bonds is 10. The summed E-state index contributed by atoms with van der Waals surface area (Å²) in [4.78, 5) is 37.5. The molecule has 2 N–H and O–H groups in total. The molecule has 0 unspecified atom stereocenters. The number of hydrogen-bond acceptors (Lipinski definition) is 8. The van der Waals surface area contributed by atoms with Gasteiger partial charge in [-0.3, -0.25) is 9.36 Å². The normalized spacial score (nSPS) is 14.0. The Balaban J connectivity index is 1.45. The second-order valence-electron chi connectivity index (χ2n) is 11.2. The molecule has 0 saturated heterocycles. The van der Waals surface area contributed by atoms with Crippen molar-refractivity contribution in [3.63, 3.8) is 0 Å². The SMILES string of the molecule is C[Si](C)(C)CCOCn1c(=NC(=O)c2cccc3c2CN(c2nc(C(=O)O)c(CCO)s2)CC3)sc2ccccc21. The number of benzene rings is 2. The molecule has 0 bridgehead atoms. The summed E-state index contributed by atoms with van der Waals surface area (Å²) in [7, 11) is -1.23. The van der Waals surface area contributed by atoms with Crippen LogP contribution in [0.1, 0.15) is 36.9 Å². The highest BCUT2D eigenvalue weighted by molar-refractivity contribution is 7.16. The van der Waals surface area contributed by atoms with Crippen molar-refractivity contribution < 1.29 is 24.5 Å². The van der Waals surface area contributed by atoms with Crippen molar-refractivity contribution in [2.75, 3.05) is 24.7 Å². The van der Waals surface area contributed by atoms with Crippen LogP contribution < -0.4 is 9.70 Å². The van der Waals surface area contributed by atoms with Gasteiger partial charge >= 0.3 is 5.97 Å². The van der Waals surface area contributed by atoms with E-state index in [0.29, 0.717) is 53.2 Å². The first-order valence-electron chi connectivity index (χ1n) is 13.6. The second-order valence-corrected chi connectivity index (χ2v) is 18.9. The highest BCUT2D eigenvalue weighted by atomic mass is 32.1. The topological polar surface area (TPSA) is 117 Å². The smallest absolute Gasteiger partial charge is 0.355 e. The molecule has 2 aromatic heterocycles. The third-order valence-corrected chi connectivity index (χ3v) is 10.9. The summed E-state index contributed by atoms with van der Waals surface area (Å²) in [6.07, 6.45) is 0.935. The number of para-hydroxylation sites is 1. The van der Waals surface area contributed by atoms with Gasteiger partial charge in [-0.2, -0.15) is 4.99 Å². The van der Waals surface area contributed by atoms with E-state index < -0.39 is 14.0 Å². The Morgan fingerprint density at radius 3 is 2.68 bits per heavy atom. The van der Waals surface area contributed by atoms with Crippen LogP contribution in [0.4, 0.5) is 5.13 Å². The number of carbonyl (C=O) groups excluding carboxylic acids is 1. The van der Waals surface area contributed by atoms with Crippen molar-refractivity contribution in [1.29, 1.82) is 0 Å². The number of carboxylic acids is 1. The van der Waals surface area contributed by atoms with E-state index in [1.165, 1.54) is 22.7 Å². The first-order chi connectivity index (χ1) is 19.6. The predicted octanol–water partition coefficient (Wildman–Crippen LogP) is 5.01. The fourth-order valence-corrected chi connectivity index (χ4v) is 7.61. The van der Waals surface area contributed by atoms with Gasteiger partial charge in [0.05, 0.1) is 10.2 Å². The summed E-state index contributed by atoms with van der Waals surface area (Å²) in [5.41, 5.74) is 3.44. The number of nitrogens with zero attached hydrogens (tertiary/aromatic N) is 4. The standard InChI is InChI=1S/C29H34N4O5S2Si/c1-41(2,3)16-15-38-18-33-22-9-4-5-10-23(22)39-29(33)31-26(35)20-8-6-7-19-11-13-32(17-21(19)20)28-30-25(27(36)37)24(40-28)12-14-34/h4-10,34H,11-18H2,1-3H3,(H,36,37). The molecule has 5 rings (SSSR count). The summed E-state index contributed by atoms with van der Waals surface area (Å²) < 4.78 is 9.05. The molecule has 0 spiro atoms. The highest BCUT2D eigenvalue weighted by Gasteiger charge is 2.26. The van der Waals surface area contributed by atoms with Gasteiger partial charge in [-0.05, 0) is 41.8 Å². The quantitative estimate of drug-likeness (QED) is 0.192. The van der Waals surface area contributed by atoms with Crippen LogP contribution in [0.2, 0.25) is 25.7 Å². The molecular formula is C29H34N4O5S2Si. The molecule has 12 heteroatoms. The molecular weight excluding hydrogens is 577 g/mol. The maximum absolute atomic E-state index is 13.7. The monoisotopic (exact) mass is 610 g/mol. The average molecular weight is 611 g/mol. The van der Waals surface area contributed by atoms with E-state index in [-0.39, 0.29) is 24.6 Å². The Morgan fingerprint density at radius 2 is 1.93 bits per heavy atom. The third kappa shape index (κ3) is 6.68. The van der Waals surface area contributed by atoms with Gasteiger partial charge in [0.2, 0.25) is 0 Å². The molecule has 0 radical (unpaired) electrons. The minimum Gasteiger partial charge on any atom is -0.476 e. The average Bonchev–Trinajstić information content (AvgIpc) is 3.51. The maximum Gasteiger partial charge on any atom is 0.355 e. The number of aromatic carboxylic acids is 1. The number of aliphatic hydroxyl groups is 1. The van der Waals surface area contributed by atoms with Crippen LogP contribution in [0.15, 0.2) is 47.5 Å². The van der Waals surface area contributed by atoms with E-state index in [1.807, 2.05) is 45.9 Å². The Kier molecular flexibility index (Phi) is 8.85. The van der Waals surface area contributed by atoms with Crippen LogP contribution in [0.25, 0.3) is 10.2 Å². The van der Waals surface area contributed by atoms with Gasteiger partial charge in [0, 0.05) is 51.2 Å². The van der Waals surface area contributed by atoms with Crippen molar-refractivity contribution in [2.24, 2.45) is 4.99 Å². The zero-order chi connectivity index (χ0) is 29.1. The lowest BCUT2D eigenvalue weighted by molar-refractivity contribution is 0.0689. The van der Waals surface area contributed by atoms with Gasteiger partial charge in [-0.1, -0.05) is 55.2 Å². The van der Waals surface area contributed by atoms with Gasteiger partial charge in [0.15, 0.2) is 15.6 Å². The summed E-state index contributed by atoms with van der Waals surface area (Å²) in [6.45, 7) is 8.87. The van der Waals surface area contributed by atoms with Gasteiger partial charge < -0.3 is 19.8 Å². The molecule has 3 heterocycles. The molecule has 9 nitrogen and oxygen atoms in total. The number of thiazole rings is 2. The number of fused-ring (bicyclic) bond motifs is 2. The molecule has 4 aromatic rings. The van der Waals surface area contributed by atoms with Crippen molar-refractivity contribution >= 4 is 58.0 Å². The Labute approximate surface area is 247 Å². The largest absolute Gasteiger partial charge is 0.476 e. The lowest BCUT2D eigenvalue weighted by atomic mass is 9.95. The number of anilines is 1. The molecule has 2 aromatic carbocycles. The van der Waals surface area contributed by atoms with Crippen molar-refractivity contribution in [3.8, 4) is 0 Å². The zero-order valence-electron chi connectivity index (χ0n) is 23.4. The number of aliphatic hydroxyl groups excluding tert-OH is 1. The number of carbonyl (C=O) groups is 2. The van der Waals surface area contributed by atoms with E-state index in [2.05, 4.69) is 29.6 Å². The molecule has 1 amide bonds. The van der Waals surface area contributed by atoms with Gasteiger partial charge in [0.1, 0.15) is 6.73 Å². The molecule has 0 atom stereocenters. The van der Waals surface area contributed by atoms with Gasteiger partial charge in [-0.15, -0.1) is 11.3 Å². The fraction of sp³-hybridized carbons (Fsp3) is 0.379. The fourth-order valence-electron chi connectivity index (χ4n) is 4.77. The Bertz CT molecular complexity index is 1650. The summed E-state index contributed by atoms with van der Waals surface area (Å²) >= 11 is 2.74. The summed E-state index contributed by atoms with van der Waals surface area (Å²) in [5, 5.41) is 19.5. The molecule has 1 aliphatic rings. The van der Waals surface area contributed by atoms with E-state index >= 15 is 0 Å². The number of aromatic nitrogens is 2. The van der Waals surface area contributed by atoms with Gasteiger partial charge in [0.25, 0.3) is 5.91 Å². The Hall–Kier alpha value is -3.16. The minimum atomic E-state index is -1.23. The summed E-state index contributed by atoms with van der Waals surface area (Å²) in [6, 6.07) is 14.8. The number of hydrogen-bond donors (Lipinski definition) is 2. The minimum absolute atomic E-state index is 0.0226. The van der Waals surface area contributed by atoms with Crippen LogP contribution in [-0.4, -0.2) is 59.5 Å². The lowest BCUT2D eigenvalue weighted by Gasteiger charge is -2.29. The molecule has 0 aliphatic carbocycles. The highest BCUT2D eigenvalue weighted by Crippen LogP contribution is 2.32. The molecule has 216 valence electrons. The van der Waals surface area contributed by atoms with E-state index in [4.69, 9.17) is 4.74 Å². The van der Waals surface area contributed by atoms with E-state index in [0.717, 1.165) is 27.4 Å². The summed E-state index contributed by atoms with van der Waals surface area (Å²) in [5.74, 6) is -1.43. The van der Waals surface area contributed by atoms with Crippen LogP contribution >= 0.6 is 22.7 Å². The number of amides is 1. The van der Waals surface area contributed by atoms with Crippen LogP contribution in [0.5, 0.6) is 0 Å². The lowest BCUT2D eigenvalue weighted by Crippen LogP contribution is -2.31. The first-order valence-corrected chi connectivity index (χ1v) is 18.9. The predicted molar refractivity (Wildman–Crippen MR) is 165 cm³/mol. The van der Waals surface area contributed by atoms with Crippen LogP contribution in [0.3, 0.4) is 0 Å². The Morgan fingerprint density at radius 1 is 1.12 bits per heavy atom. The van der Waals surface area contributed by atoms with E-state index in [9.17, 15) is 19.8 Å². The molecule has 41 heavy (non-hydrogen) atoms. The molecule has 0 fully saturated rings. The van der Waals surface area contributed by atoms with Crippen LogP contribution in [0, 0.1) is 0 Å². The molecule has 1 aliphatic heterocycles. The zero-order valence-corrected chi connectivity index (χ0v) is 26.1. The van der Waals surface area contributed by atoms with E-state index in [1.54, 1.807) is 6.07 Å².